The summed E-state index contributed by atoms with van der Waals surface area (Å²) < 4.78 is 2.66. The van der Waals surface area contributed by atoms with Crippen LogP contribution in [0, 0.1) is 0 Å². The molecule has 20 heavy (non-hydrogen) atoms. The highest BCUT2D eigenvalue weighted by Crippen LogP contribution is 2.21. The van der Waals surface area contributed by atoms with E-state index in [2.05, 4.69) is 15.9 Å². The number of hydrogen-bond acceptors (Lipinski definition) is 1. The number of hydrogen-bond donors (Lipinski definition) is 0. The van der Waals surface area contributed by atoms with Gasteiger partial charge in [-0.05, 0) is 45.8 Å². The van der Waals surface area contributed by atoms with Crippen LogP contribution in [0.4, 0.5) is 0 Å². The van der Waals surface area contributed by atoms with Gasteiger partial charge in [-0.25, -0.2) is 0 Å². The lowest BCUT2D eigenvalue weighted by molar-refractivity contribution is 0.0775. The second-order valence-electron chi connectivity index (χ2n) is 4.59. The monoisotopic (exact) mass is 374 g/mol. The highest BCUT2D eigenvalue weighted by molar-refractivity contribution is 9.10. The van der Waals surface area contributed by atoms with Crippen molar-refractivity contribution in [3.63, 3.8) is 0 Å². The second-order valence-corrected chi connectivity index (χ2v) is 6.38. The molecule has 0 bridgehead atoms. The fraction of sp³-hybridized carbons (Fsp3) is 0.214. The van der Waals surface area contributed by atoms with Gasteiger partial charge in [0.15, 0.2) is 0 Å². The van der Waals surface area contributed by atoms with Gasteiger partial charge in [-0.1, -0.05) is 23.2 Å². The predicted molar refractivity (Wildman–Crippen MR) is 85.4 cm³/mol. The summed E-state index contributed by atoms with van der Waals surface area (Å²) in [5.74, 6) is -0.0608. The molecule has 1 amide bonds. The third-order valence-corrected chi connectivity index (χ3v) is 3.75. The molecule has 0 aliphatic heterocycles. The molecule has 0 unspecified atom stereocenters. The van der Waals surface area contributed by atoms with Crippen molar-refractivity contribution >= 4 is 45.0 Å². The van der Waals surface area contributed by atoms with Crippen molar-refractivity contribution < 1.29 is 4.79 Å². The molecule has 3 nitrogen and oxygen atoms in total. The Labute approximate surface area is 136 Å². The molecule has 0 atom stereocenters. The van der Waals surface area contributed by atoms with Crippen LogP contribution in [0.2, 0.25) is 10.0 Å². The van der Waals surface area contributed by atoms with Gasteiger partial charge in [0.05, 0.1) is 0 Å². The van der Waals surface area contributed by atoms with Crippen molar-refractivity contribution in [3.05, 3.63) is 56.2 Å². The van der Waals surface area contributed by atoms with E-state index in [0.29, 0.717) is 22.3 Å². The van der Waals surface area contributed by atoms with E-state index in [0.717, 1.165) is 10.0 Å². The maximum Gasteiger partial charge on any atom is 0.270 e. The average Bonchev–Trinajstić information content (AvgIpc) is 2.66. The van der Waals surface area contributed by atoms with E-state index in [1.54, 1.807) is 40.8 Å². The van der Waals surface area contributed by atoms with Gasteiger partial charge in [-0.15, -0.1) is 0 Å². The number of carbonyl (C=O) groups excluding carboxylic acids is 1. The van der Waals surface area contributed by atoms with Gasteiger partial charge in [0.1, 0.15) is 5.69 Å². The average molecular weight is 376 g/mol. The molecule has 106 valence electrons. The third-order valence-electron chi connectivity index (χ3n) is 2.88. The fourth-order valence-corrected chi connectivity index (χ4v) is 3.08. The molecule has 0 fully saturated rings. The van der Waals surface area contributed by atoms with Gasteiger partial charge in [0, 0.05) is 41.4 Å². The Hall–Kier alpha value is -0.970. The van der Waals surface area contributed by atoms with Gasteiger partial charge in [-0.2, -0.15) is 0 Å². The molecule has 0 saturated heterocycles. The number of nitrogens with zero attached hydrogens (tertiary/aromatic N) is 2. The van der Waals surface area contributed by atoms with Gasteiger partial charge in [0.25, 0.3) is 5.91 Å². The second kappa shape index (κ2) is 6.20. The van der Waals surface area contributed by atoms with Gasteiger partial charge in [0.2, 0.25) is 0 Å². The molecule has 0 saturated carbocycles. The Morgan fingerprint density at radius 3 is 2.35 bits per heavy atom. The molecular weight excluding hydrogens is 363 g/mol. The Morgan fingerprint density at radius 1 is 1.25 bits per heavy atom. The molecule has 0 N–H and O–H groups in total. The van der Waals surface area contributed by atoms with Crippen LogP contribution in [0.1, 0.15) is 16.1 Å². The quantitative estimate of drug-likeness (QED) is 0.781. The zero-order chi connectivity index (χ0) is 14.9. The zero-order valence-corrected chi connectivity index (χ0v) is 14.1. The van der Waals surface area contributed by atoms with Crippen LogP contribution in [0.15, 0.2) is 34.9 Å². The third kappa shape index (κ3) is 3.57. The maximum atomic E-state index is 12.4. The number of carbonyl (C=O) groups is 1. The SMILES string of the molecule is CN(Cc1cc(Cl)cc(Cl)c1)C(=O)c1cc(Br)cn1C. The van der Waals surface area contributed by atoms with E-state index in [9.17, 15) is 4.79 Å². The van der Waals surface area contributed by atoms with Crippen LogP contribution in [-0.2, 0) is 13.6 Å². The van der Waals surface area contributed by atoms with Crippen LogP contribution < -0.4 is 0 Å². The molecular formula is C14H13BrCl2N2O. The van der Waals surface area contributed by atoms with Crippen molar-refractivity contribution in [2.24, 2.45) is 7.05 Å². The van der Waals surface area contributed by atoms with Crippen molar-refractivity contribution in [3.8, 4) is 0 Å². The topological polar surface area (TPSA) is 25.2 Å². The lowest BCUT2D eigenvalue weighted by Gasteiger charge is -2.18. The molecule has 0 aliphatic rings. The van der Waals surface area contributed by atoms with Crippen LogP contribution in [0.3, 0.4) is 0 Å². The molecule has 1 aromatic heterocycles. The molecule has 6 heteroatoms. The number of halogens is 3. The first kappa shape index (κ1) is 15.4. The van der Waals surface area contributed by atoms with E-state index >= 15 is 0 Å². The predicted octanol–water partition coefficient (Wildman–Crippen LogP) is 4.37. The number of benzene rings is 1. The van der Waals surface area contributed by atoms with Gasteiger partial charge < -0.3 is 9.47 Å². The Balaban J connectivity index is 2.17. The highest BCUT2D eigenvalue weighted by atomic mass is 79.9. The highest BCUT2D eigenvalue weighted by Gasteiger charge is 2.16. The summed E-state index contributed by atoms with van der Waals surface area (Å²) in [7, 11) is 3.58. The summed E-state index contributed by atoms with van der Waals surface area (Å²) in [5.41, 5.74) is 1.51. The van der Waals surface area contributed by atoms with Crippen molar-refractivity contribution in [2.45, 2.75) is 6.54 Å². The minimum Gasteiger partial charge on any atom is -0.345 e. The molecule has 0 spiro atoms. The van der Waals surface area contributed by atoms with E-state index in [1.807, 2.05) is 13.2 Å². The number of aryl methyl sites for hydroxylation is 1. The summed E-state index contributed by atoms with van der Waals surface area (Å²) in [6.07, 6.45) is 1.84. The van der Waals surface area contributed by atoms with Crippen LogP contribution in [0.5, 0.6) is 0 Å². The summed E-state index contributed by atoms with van der Waals surface area (Å²) in [5, 5.41) is 1.13. The smallest absolute Gasteiger partial charge is 0.270 e. The van der Waals surface area contributed by atoms with E-state index < -0.39 is 0 Å². The fourth-order valence-electron chi connectivity index (χ4n) is 1.98. The first-order valence-electron chi connectivity index (χ1n) is 5.89. The molecule has 2 rings (SSSR count). The van der Waals surface area contributed by atoms with Crippen molar-refractivity contribution in [1.29, 1.82) is 0 Å². The first-order chi connectivity index (χ1) is 9.36. The lowest BCUT2D eigenvalue weighted by Crippen LogP contribution is -2.27. The van der Waals surface area contributed by atoms with E-state index in [4.69, 9.17) is 23.2 Å². The summed E-state index contributed by atoms with van der Waals surface area (Å²) in [4.78, 5) is 14.0. The lowest BCUT2D eigenvalue weighted by atomic mass is 10.2. The normalized spacial score (nSPS) is 10.7. The summed E-state index contributed by atoms with van der Waals surface area (Å²) in [6, 6.07) is 7.07. The van der Waals surface area contributed by atoms with Crippen LogP contribution >= 0.6 is 39.1 Å². The molecule has 0 radical (unpaired) electrons. The number of rotatable bonds is 3. The van der Waals surface area contributed by atoms with Crippen molar-refractivity contribution in [1.82, 2.24) is 9.47 Å². The zero-order valence-electron chi connectivity index (χ0n) is 11.0. The van der Waals surface area contributed by atoms with Gasteiger partial charge >= 0.3 is 0 Å². The van der Waals surface area contributed by atoms with Crippen LogP contribution in [0.25, 0.3) is 0 Å². The van der Waals surface area contributed by atoms with Crippen molar-refractivity contribution in [2.75, 3.05) is 7.05 Å². The summed E-state index contributed by atoms with van der Waals surface area (Å²) >= 11 is 15.3. The Kier molecular flexibility index (Phi) is 4.78. The van der Waals surface area contributed by atoms with Gasteiger partial charge in [-0.3, -0.25) is 4.79 Å². The Morgan fingerprint density at radius 2 is 1.85 bits per heavy atom. The van der Waals surface area contributed by atoms with Crippen LogP contribution in [-0.4, -0.2) is 22.4 Å². The molecule has 1 aromatic carbocycles. The largest absolute Gasteiger partial charge is 0.345 e. The molecule has 2 aromatic rings. The Bertz CT molecular complexity index is 634. The molecule has 1 heterocycles. The minimum absolute atomic E-state index is 0.0608. The number of amides is 1. The maximum absolute atomic E-state index is 12.4. The minimum atomic E-state index is -0.0608. The molecule has 0 aliphatic carbocycles. The standard InChI is InChI=1S/C14H13BrCl2N2O/c1-18-8-10(15)5-13(18)14(20)19(2)7-9-3-11(16)6-12(17)4-9/h3-6,8H,7H2,1-2H3. The first-order valence-corrected chi connectivity index (χ1v) is 7.44. The van der Waals surface area contributed by atoms with E-state index in [1.165, 1.54) is 0 Å². The number of aromatic nitrogens is 1. The summed E-state index contributed by atoms with van der Waals surface area (Å²) in [6.45, 7) is 0.446. The van der Waals surface area contributed by atoms with E-state index in [-0.39, 0.29) is 5.91 Å².